The molecule has 0 N–H and O–H groups in total. The van der Waals surface area contributed by atoms with Crippen molar-refractivity contribution in [2.24, 2.45) is 0 Å². The Labute approximate surface area is 90.5 Å². The monoisotopic (exact) mass is 216 g/mol. The van der Waals surface area contributed by atoms with Crippen LogP contribution in [0.15, 0.2) is 35.0 Å². The predicted octanol–water partition coefficient (Wildman–Crippen LogP) is 3.79. The summed E-state index contributed by atoms with van der Waals surface area (Å²) in [7, 11) is -0.609. The Morgan fingerprint density at radius 3 is 2.87 bits per heavy atom. The molecule has 0 fully saturated rings. The summed E-state index contributed by atoms with van der Waals surface area (Å²) in [6.07, 6.45) is 11.8. The summed E-state index contributed by atoms with van der Waals surface area (Å²) in [5.41, 5.74) is 2.05. The fourth-order valence-electron chi connectivity index (χ4n) is 1.65. The van der Waals surface area contributed by atoms with Gasteiger partial charge >= 0.3 is 0 Å². The molecule has 0 aliphatic heterocycles. The summed E-state index contributed by atoms with van der Waals surface area (Å²) in [6, 6.07) is 6.14. The Hall–Kier alpha value is -1.42. The van der Waals surface area contributed by atoms with Gasteiger partial charge in [0.15, 0.2) is 0 Å². The van der Waals surface area contributed by atoms with Gasteiger partial charge in [0.25, 0.3) is 0 Å². The summed E-state index contributed by atoms with van der Waals surface area (Å²) in [5.74, 6) is 0. The van der Waals surface area contributed by atoms with Gasteiger partial charge in [-0.2, -0.15) is 0 Å². The Morgan fingerprint density at radius 2 is 2.20 bits per heavy atom. The first-order valence-corrected chi connectivity index (χ1v) is 6.71. The molecule has 0 saturated heterocycles. The molecule has 0 spiro atoms. The molecule has 76 valence electrons. The third-order valence-electron chi connectivity index (χ3n) is 2.34. The molecule has 0 aliphatic rings. The highest BCUT2D eigenvalue weighted by molar-refractivity contribution is 7.54. The van der Waals surface area contributed by atoms with E-state index in [1.54, 1.807) is 6.26 Å². The van der Waals surface area contributed by atoms with Gasteiger partial charge in [0.05, 0.1) is 6.26 Å². The first-order chi connectivity index (χ1) is 7.24. The Balaban J connectivity index is 2.76. The van der Waals surface area contributed by atoms with Crippen LogP contribution in [0, 0.1) is 6.13 Å². The Morgan fingerprint density at radius 1 is 1.40 bits per heavy atom. The van der Waals surface area contributed by atoms with Crippen molar-refractivity contribution >= 4 is 29.7 Å². The van der Waals surface area contributed by atoms with E-state index in [9.17, 15) is 0 Å². The van der Waals surface area contributed by atoms with Crippen LogP contribution in [-0.4, -0.2) is 6.66 Å². The summed E-state index contributed by atoms with van der Waals surface area (Å²) >= 11 is 0. The maximum Gasteiger partial charge on any atom is 0.146 e. The smallest absolute Gasteiger partial charge is 0.146 e. The van der Waals surface area contributed by atoms with Crippen LogP contribution >= 0.6 is 7.38 Å². The second kappa shape index (κ2) is 3.98. The van der Waals surface area contributed by atoms with Crippen molar-refractivity contribution in [1.29, 1.82) is 0 Å². The van der Waals surface area contributed by atoms with E-state index >= 15 is 0 Å². The van der Waals surface area contributed by atoms with Gasteiger partial charge in [0, 0.05) is 16.3 Å². The van der Waals surface area contributed by atoms with Gasteiger partial charge in [0.2, 0.25) is 0 Å². The number of rotatable bonds is 1. The van der Waals surface area contributed by atoms with Crippen LogP contribution in [0.25, 0.3) is 17.0 Å². The molecule has 0 aliphatic carbocycles. The van der Waals surface area contributed by atoms with Gasteiger partial charge in [0.1, 0.15) is 5.58 Å². The van der Waals surface area contributed by atoms with Gasteiger partial charge in [-0.3, -0.25) is 0 Å². The van der Waals surface area contributed by atoms with Gasteiger partial charge in [-0.25, -0.2) is 0 Å². The molecule has 0 saturated carbocycles. The van der Waals surface area contributed by atoms with Crippen LogP contribution < -0.4 is 5.30 Å². The first-order valence-electron chi connectivity index (χ1n) is 4.85. The quantitative estimate of drug-likeness (QED) is 0.661. The van der Waals surface area contributed by atoms with Crippen LogP contribution in [0.4, 0.5) is 0 Å². The van der Waals surface area contributed by atoms with Crippen LogP contribution in [0.5, 0.6) is 0 Å². The summed E-state index contributed by atoms with van der Waals surface area (Å²) in [6.45, 7) is 4.03. The molecule has 1 nitrogen and oxygen atoms in total. The fourth-order valence-corrected chi connectivity index (χ4v) is 2.46. The van der Waals surface area contributed by atoms with E-state index in [0.717, 1.165) is 21.8 Å². The fraction of sp³-hybridized carbons (Fsp3) is 0.154. The van der Waals surface area contributed by atoms with Crippen molar-refractivity contribution in [3.8, 4) is 6.13 Å². The zero-order valence-corrected chi connectivity index (χ0v) is 9.79. The molecule has 1 aromatic carbocycles. The van der Waals surface area contributed by atoms with Crippen molar-refractivity contribution < 1.29 is 4.42 Å². The number of furan rings is 1. The van der Waals surface area contributed by atoms with Crippen LogP contribution in [-0.2, 0) is 0 Å². The van der Waals surface area contributed by atoms with Crippen LogP contribution in [0.2, 0.25) is 0 Å². The topological polar surface area (TPSA) is 13.1 Å². The molecular formula is C13H13OP. The highest BCUT2D eigenvalue weighted by atomic mass is 31.1. The average molecular weight is 216 g/mol. The van der Waals surface area contributed by atoms with E-state index in [1.807, 2.05) is 37.9 Å². The summed E-state index contributed by atoms with van der Waals surface area (Å²) in [4.78, 5) is 0. The van der Waals surface area contributed by atoms with Crippen LogP contribution in [0.1, 0.15) is 12.5 Å². The third kappa shape index (κ3) is 1.72. The van der Waals surface area contributed by atoms with Crippen molar-refractivity contribution in [3.63, 3.8) is 0 Å². The number of benzene rings is 1. The van der Waals surface area contributed by atoms with Gasteiger partial charge in [-0.15, -0.1) is 6.13 Å². The number of hydrogen-bond donors (Lipinski definition) is 0. The lowest BCUT2D eigenvalue weighted by Crippen LogP contribution is -1.93. The Kier molecular flexibility index (Phi) is 2.68. The lowest BCUT2D eigenvalue weighted by molar-refractivity contribution is 0.617. The minimum atomic E-state index is -0.609. The van der Waals surface area contributed by atoms with E-state index in [4.69, 9.17) is 10.5 Å². The second-order valence-corrected chi connectivity index (χ2v) is 5.16. The van der Waals surface area contributed by atoms with E-state index in [1.165, 1.54) is 0 Å². The molecule has 1 heterocycles. The van der Waals surface area contributed by atoms with Gasteiger partial charge in [-0.1, -0.05) is 31.7 Å². The maximum atomic E-state index is 5.95. The molecule has 2 heteroatoms. The molecule has 0 radical (unpaired) electrons. The van der Waals surface area contributed by atoms with Gasteiger partial charge < -0.3 is 4.42 Å². The van der Waals surface area contributed by atoms with Crippen molar-refractivity contribution in [3.05, 3.63) is 36.1 Å². The standard InChI is InChI=1S/C13H13OP/c1-4-6-10-9-14-13-11(10)7-5-8-12(13)15(2)3/h2,4-9H,1,3H3/b6-4-. The molecule has 1 unspecified atom stereocenters. The minimum Gasteiger partial charge on any atom is -0.463 e. The molecule has 2 aromatic rings. The van der Waals surface area contributed by atoms with Crippen molar-refractivity contribution in [2.45, 2.75) is 6.92 Å². The minimum absolute atomic E-state index is 0.609. The zero-order valence-electron chi connectivity index (χ0n) is 8.90. The molecule has 0 bridgehead atoms. The first kappa shape index (κ1) is 10.1. The zero-order chi connectivity index (χ0) is 10.8. The molecule has 1 atom stereocenters. The van der Waals surface area contributed by atoms with E-state index in [0.29, 0.717) is 0 Å². The van der Waals surface area contributed by atoms with Gasteiger partial charge in [-0.05, 0) is 19.7 Å². The number of hydrogen-bond acceptors (Lipinski definition) is 1. The maximum absolute atomic E-state index is 5.95. The molecule has 2 rings (SSSR count). The largest absolute Gasteiger partial charge is 0.463 e. The molecule has 0 amide bonds. The lowest BCUT2D eigenvalue weighted by Gasteiger charge is -1.98. The lowest BCUT2D eigenvalue weighted by atomic mass is 10.2. The predicted molar refractivity (Wildman–Crippen MR) is 68.3 cm³/mol. The molecule has 1 aromatic heterocycles. The highest BCUT2D eigenvalue weighted by Gasteiger charge is 2.07. The summed E-state index contributed by atoms with van der Waals surface area (Å²) in [5, 5.41) is 2.27. The van der Waals surface area contributed by atoms with E-state index < -0.39 is 7.38 Å². The average Bonchev–Trinajstić information content (AvgIpc) is 2.62. The Bertz CT molecular complexity index is 581. The van der Waals surface area contributed by atoms with Crippen molar-refractivity contribution in [2.75, 3.05) is 6.66 Å². The van der Waals surface area contributed by atoms with Crippen molar-refractivity contribution in [1.82, 2.24) is 0 Å². The normalized spacial score (nSPS) is 12.5. The highest BCUT2D eigenvalue weighted by Crippen LogP contribution is 2.25. The van der Waals surface area contributed by atoms with Crippen LogP contribution in [0.3, 0.4) is 0 Å². The number of fused-ring (bicyclic) bond motifs is 1. The molecule has 15 heavy (non-hydrogen) atoms. The van der Waals surface area contributed by atoms with E-state index in [2.05, 4.69) is 6.07 Å². The number of allylic oxidation sites excluding steroid dienone is 1. The second-order valence-electron chi connectivity index (χ2n) is 3.46. The number of para-hydroxylation sites is 1. The SMILES string of the molecule is C#P(C)c1cccc2c(/C=C\C)coc12. The third-order valence-corrected chi connectivity index (χ3v) is 3.45. The van der Waals surface area contributed by atoms with E-state index in [-0.39, 0.29) is 0 Å². The molecular weight excluding hydrogens is 203 g/mol. The summed E-state index contributed by atoms with van der Waals surface area (Å²) < 4.78 is 5.58.